The lowest BCUT2D eigenvalue weighted by Crippen LogP contribution is -2.32. The van der Waals surface area contributed by atoms with E-state index in [9.17, 15) is 0 Å². The minimum atomic E-state index is 0.211. The van der Waals surface area contributed by atoms with E-state index in [0.717, 1.165) is 19.5 Å². The Morgan fingerprint density at radius 2 is 2.36 bits per heavy atom. The van der Waals surface area contributed by atoms with Crippen LogP contribution in [0.25, 0.3) is 0 Å². The lowest BCUT2D eigenvalue weighted by Gasteiger charge is -2.23. The van der Waals surface area contributed by atoms with Crippen LogP contribution < -0.4 is 5.32 Å². The number of hydrogen-bond acceptors (Lipinski definition) is 2. The molecule has 2 heteroatoms. The Kier molecular flexibility index (Phi) is 4.19. The number of hydrogen-bond donors (Lipinski definition) is 1. The van der Waals surface area contributed by atoms with E-state index in [1.54, 1.807) is 0 Å². The van der Waals surface area contributed by atoms with E-state index < -0.39 is 0 Å². The van der Waals surface area contributed by atoms with Crippen molar-refractivity contribution < 1.29 is 0 Å². The molecule has 0 fully saturated rings. The van der Waals surface area contributed by atoms with Gasteiger partial charge in [-0.05, 0) is 11.4 Å². The van der Waals surface area contributed by atoms with Crippen LogP contribution in [0.2, 0.25) is 0 Å². The lowest BCUT2D eigenvalue weighted by molar-refractivity contribution is 0.481. The van der Waals surface area contributed by atoms with E-state index in [2.05, 4.69) is 42.6 Å². The Morgan fingerprint density at radius 1 is 1.57 bits per heavy atom. The SMILES string of the molecule is C#CCCNCC(C)(C)c1cccs1. The average Bonchev–Trinajstić information content (AvgIpc) is 2.65. The molecule has 1 heterocycles. The Labute approximate surface area is 90.5 Å². The Morgan fingerprint density at radius 3 is 2.93 bits per heavy atom. The predicted octanol–water partition coefficient (Wildman–Crippen LogP) is 2.64. The van der Waals surface area contributed by atoms with E-state index in [1.807, 2.05) is 11.3 Å². The third-order valence-electron chi connectivity index (χ3n) is 2.20. The van der Waals surface area contributed by atoms with Gasteiger partial charge in [0.25, 0.3) is 0 Å². The Bertz CT molecular complexity index is 293. The van der Waals surface area contributed by atoms with Crippen molar-refractivity contribution in [1.29, 1.82) is 0 Å². The molecule has 0 saturated heterocycles. The molecule has 0 unspecified atom stereocenters. The Hall–Kier alpha value is -0.780. The highest BCUT2D eigenvalue weighted by atomic mass is 32.1. The van der Waals surface area contributed by atoms with E-state index in [1.165, 1.54) is 4.88 Å². The number of rotatable bonds is 5. The van der Waals surface area contributed by atoms with Gasteiger partial charge in [-0.3, -0.25) is 0 Å². The molecule has 1 aromatic rings. The smallest absolute Gasteiger partial charge is 0.0211 e. The van der Waals surface area contributed by atoms with Crippen LogP contribution in [0.15, 0.2) is 17.5 Å². The molecule has 0 aliphatic carbocycles. The van der Waals surface area contributed by atoms with Gasteiger partial charge in [-0.2, -0.15) is 0 Å². The minimum Gasteiger partial charge on any atom is -0.315 e. The van der Waals surface area contributed by atoms with Crippen molar-refractivity contribution >= 4 is 11.3 Å². The first-order valence-corrected chi connectivity index (χ1v) is 5.73. The molecule has 0 amide bonds. The van der Waals surface area contributed by atoms with Crippen LogP contribution >= 0.6 is 11.3 Å². The van der Waals surface area contributed by atoms with Gasteiger partial charge in [0.05, 0.1) is 0 Å². The second-order valence-electron chi connectivity index (χ2n) is 3.99. The van der Waals surface area contributed by atoms with Crippen molar-refractivity contribution in [2.24, 2.45) is 0 Å². The molecule has 1 N–H and O–H groups in total. The molecule has 1 nitrogen and oxygen atoms in total. The minimum absolute atomic E-state index is 0.211. The molecule has 0 aromatic carbocycles. The van der Waals surface area contributed by atoms with Crippen LogP contribution in [0.1, 0.15) is 25.1 Å². The third kappa shape index (κ3) is 3.17. The molecule has 76 valence electrons. The molecule has 1 aromatic heterocycles. The summed E-state index contributed by atoms with van der Waals surface area (Å²) in [6.07, 6.45) is 5.99. The van der Waals surface area contributed by atoms with E-state index in [4.69, 9.17) is 6.42 Å². The highest BCUT2D eigenvalue weighted by Gasteiger charge is 2.20. The molecule has 0 aliphatic rings. The van der Waals surface area contributed by atoms with Crippen LogP contribution in [0, 0.1) is 12.3 Å². The van der Waals surface area contributed by atoms with Gasteiger partial charge < -0.3 is 5.32 Å². The van der Waals surface area contributed by atoms with Crippen molar-refractivity contribution in [3.63, 3.8) is 0 Å². The monoisotopic (exact) mass is 207 g/mol. The maximum absolute atomic E-state index is 5.18. The zero-order valence-electron chi connectivity index (χ0n) is 8.84. The molecule has 1 rings (SSSR count). The van der Waals surface area contributed by atoms with E-state index >= 15 is 0 Å². The summed E-state index contributed by atoms with van der Waals surface area (Å²) in [4.78, 5) is 1.42. The van der Waals surface area contributed by atoms with Crippen LogP contribution in [0.4, 0.5) is 0 Å². The van der Waals surface area contributed by atoms with Crippen LogP contribution in [0.3, 0.4) is 0 Å². The summed E-state index contributed by atoms with van der Waals surface area (Å²) in [5.41, 5.74) is 0.211. The molecular formula is C12H17NS. The molecule has 0 spiro atoms. The van der Waals surface area contributed by atoms with E-state index in [-0.39, 0.29) is 5.41 Å². The topological polar surface area (TPSA) is 12.0 Å². The lowest BCUT2D eigenvalue weighted by atomic mass is 9.91. The van der Waals surface area contributed by atoms with Crippen LogP contribution in [-0.2, 0) is 5.41 Å². The van der Waals surface area contributed by atoms with Gasteiger partial charge in [-0.1, -0.05) is 19.9 Å². The molecule has 0 radical (unpaired) electrons. The van der Waals surface area contributed by atoms with Gasteiger partial charge >= 0.3 is 0 Å². The number of thiophene rings is 1. The highest BCUT2D eigenvalue weighted by Crippen LogP contribution is 2.26. The normalized spacial score (nSPS) is 11.2. The molecule has 0 bridgehead atoms. The summed E-state index contributed by atoms with van der Waals surface area (Å²) in [5, 5.41) is 5.50. The maximum atomic E-state index is 5.18. The summed E-state index contributed by atoms with van der Waals surface area (Å²) in [6, 6.07) is 4.29. The predicted molar refractivity (Wildman–Crippen MR) is 63.7 cm³/mol. The van der Waals surface area contributed by atoms with Gasteiger partial charge in [0.15, 0.2) is 0 Å². The largest absolute Gasteiger partial charge is 0.315 e. The molecule has 14 heavy (non-hydrogen) atoms. The zero-order valence-corrected chi connectivity index (χ0v) is 9.66. The first-order valence-electron chi connectivity index (χ1n) is 4.85. The zero-order chi connectivity index (χ0) is 10.4. The molecule has 0 aliphatic heterocycles. The van der Waals surface area contributed by atoms with Crippen molar-refractivity contribution in [2.75, 3.05) is 13.1 Å². The van der Waals surface area contributed by atoms with Crippen molar-refractivity contribution in [3.8, 4) is 12.3 Å². The third-order valence-corrected chi connectivity index (χ3v) is 3.44. The first kappa shape index (κ1) is 11.3. The van der Waals surface area contributed by atoms with Gasteiger partial charge in [-0.15, -0.1) is 23.7 Å². The maximum Gasteiger partial charge on any atom is 0.0211 e. The summed E-state index contributed by atoms with van der Waals surface area (Å²) in [5.74, 6) is 2.63. The second kappa shape index (κ2) is 5.19. The summed E-state index contributed by atoms with van der Waals surface area (Å²) >= 11 is 1.81. The fraction of sp³-hybridized carbons (Fsp3) is 0.500. The standard InChI is InChI=1S/C12H17NS/c1-4-5-8-13-10-12(2,3)11-7-6-9-14-11/h1,6-7,9,13H,5,8,10H2,2-3H3. The average molecular weight is 207 g/mol. The van der Waals surface area contributed by atoms with Crippen molar-refractivity contribution in [2.45, 2.75) is 25.7 Å². The van der Waals surface area contributed by atoms with Gasteiger partial charge in [0, 0.05) is 29.8 Å². The van der Waals surface area contributed by atoms with Crippen LogP contribution in [0.5, 0.6) is 0 Å². The number of terminal acetylenes is 1. The summed E-state index contributed by atoms with van der Waals surface area (Å²) in [7, 11) is 0. The molecular weight excluding hydrogens is 190 g/mol. The van der Waals surface area contributed by atoms with Crippen molar-refractivity contribution in [1.82, 2.24) is 5.32 Å². The Balaban J connectivity index is 2.39. The second-order valence-corrected chi connectivity index (χ2v) is 4.94. The molecule has 0 saturated carbocycles. The summed E-state index contributed by atoms with van der Waals surface area (Å²) < 4.78 is 0. The fourth-order valence-corrected chi connectivity index (χ4v) is 2.16. The first-order chi connectivity index (χ1) is 6.67. The van der Waals surface area contributed by atoms with E-state index in [0.29, 0.717) is 0 Å². The molecule has 0 atom stereocenters. The highest BCUT2D eigenvalue weighted by molar-refractivity contribution is 7.10. The fourth-order valence-electron chi connectivity index (χ4n) is 1.31. The van der Waals surface area contributed by atoms with Crippen LogP contribution in [-0.4, -0.2) is 13.1 Å². The number of nitrogens with one attached hydrogen (secondary N) is 1. The van der Waals surface area contributed by atoms with Gasteiger partial charge in [0.2, 0.25) is 0 Å². The van der Waals surface area contributed by atoms with Gasteiger partial charge in [-0.25, -0.2) is 0 Å². The quantitative estimate of drug-likeness (QED) is 0.578. The van der Waals surface area contributed by atoms with Gasteiger partial charge in [0.1, 0.15) is 0 Å². The van der Waals surface area contributed by atoms with Crippen molar-refractivity contribution in [3.05, 3.63) is 22.4 Å². The summed E-state index contributed by atoms with van der Waals surface area (Å²) in [6.45, 7) is 6.39.